The van der Waals surface area contributed by atoms with Crippen LogP contribution in [0.25, 0.3) is 43.4 Å². The van der Waals surface area contributed by atoms with Gasteiger partial charge in [0.05, 0.1) is 5.69 Å². The van der Waals surface area contributed by atoms with Crippen LogP contribution in [-0.4, -0.2) is 0 Å². The predicted octanol–water partition coefficient (Wildman–Crippen LogP) is 14.1. The molecule has 8 aromatic rings. The number of rotatable bonds is 8. The van der Waals surface area contributed by atoms with E-state index in [2.05, 4.69) is 181 Å². The molecule has 0 aliphatic heterocycles. The first-order valence-electron chi connectivity index (χ1n) is 17.2. The second-order valence-electron chi connectivity index (χ2n) is 12.1. The first kappa shape index (κ1) is 33.2. The molecule has 8 aromatic carbocycles. The lowest BCUT2D eigenvalue weighted by Crippen LogP contribution is -2.10. The highest BCUT2D eigenvalue weighted by Crippen LogP contribution is 2.40. The molecule has 0 atom stereocenters. The first-order chi connectivity index (χ1) is 23.8. The molecule has 0 aliphatic rings. The summed E-state index contributed by atoms with van der Waals surface area (Å²) in [6.07, 6.45) is 3.19. The number of aryl methyl sites for hydroxylation is 2. The van der Waals surface area contributed by atoms with Gasteiger partial charge in [-0.15, -0.1) is 0 Å². The Hall–Kier alpha value is -5.66. The van der Waals surface area contributed by atoms with Gasteiger partial charge in [0.25, 0.3) is 0 Å². The molecule has 0 unspecified atom stereocenters. The fourth-order valence-electron chi connectivity index (χ4n) is 6.94. The van der Waals surface area contributed by atoms with Crippen LogP contribution in [0.2, 0.25) is 0 Å². The molecule has 1 nitrogen and oxygen atoms in total. The van der Waals surface area contributed by atoms with Gasteiger partial charge in [0, 0.05) is 16.8 Å². The molecule has 0 spiro atoms. The SMILES string of the molecule is C.CC.c1ccc(-c2cccc(N(c3ccc(CCCc4c5ccccc5cc5ccccc45)cc3)c3cccc4ccccc34)c2)cc1. The van der Waals surface area contributed by atoms with Crippen molar-refractivity contribution in [3.05, 3.63) is 187 Å². The van der Waals surface area contributed by atoms with Crippen molar-refractivity contribution in [1.29, 1.82) is 0 Å². The van der Waals surface area contributed by atoms with Crippen LogP contribution in [0, 0.1) is 0 Å². The van der Waals surface area contributed by atoms with Gasteiger partial charge in [0.1, 0.15) is 0 Å². The number of hydrogen-bond acceptors (Lipinski definition) is 1. The third-order valence-electron chi connectivity index (χ3n) is 9.19. The van der Waals surface area contributed by atoms with Crippen LogP contribution in [-0.2, 0) is 12.8 Å². The van der Waals surface area contributed by atoms with Crippen molar-refractivity contribution in [2.75, 3.05) is 4.90 Å². The van der Waals surface area contributed by atoms with Crippen molar-refractivity contribution in [2.24, 2.45) is 0 Å². The van der Waals surface area contributed by atoms with E-state index in [1.807, 2.05) is 13.8 Å². The molecular weight excluding hydrogens is 591 g/mol. The van der Waals surface area contributed by atoms with Crippen LogP contribution in [0.3, 0.4) is 0 Å². The molecule has 242 valence electrons. The summed E-state index contributed by atoms with van der Waals surface area (Å²) in [6, 6.07) is 64.0. The zero-order valence-electron chi connectivity index (χ0n) is 27.8. The van der Waals surface area contributed by atoms with Gasteiger partial charge in [-0.25, -0.2) is 0 Å². The summed E-state index contributed by atoms with van der Waals surface area (Å²) in [5.74, 6) is 0. The summed E-state index contributed by atoms with van der Waals surface area (Å²) < 4.78 is 0. The van der Waals surface area contributed by atoms with E-state index in [9.17, 15) is 0 Å². The number of hydrogen-bond donors (Lipinski definition) is 0. The van der Waals surface area contributed by atoms with Crippen molar-refractivity contribution in [3.63, 3.8) is 0 Å². The average molecular weight is 636 g/mol. The minimum Gasteiger partial charge on any atom is -0.310 e. The maximum Gasteiger partial charge on any atom is 0.0540 e. The maximum atomic E-state index is 2.40. The van der Waals surface area contributed by atoms with E-state index in [4.69, 9.17) is 0 Å². The summed E-state index contributed by atoms with van der Waals surface area (Å²) in [4.78, 5) is 2.40. The third-order valence-corrected chi connectivity index (χ3v) is 9.19. The molecule has 0 amide bonds. The van der Waals surface area contributed by atoms with Crippen molar-refractivity contribution >= 4 is 49.4 Å². The molecule has 0 bridgehead atoms. The van der Waals surface area contributed by atoms with Crippen LogP contribution in [0.15, 0.2) is 176 Å². The lowest BCUT2D eigenvalue weighted by molar-refractivity contribution is 0.829. The zero-order chi connectivity index (χ0) is 32.7. The second kappa shape index (κ2) is 15.5. The van der Waals surface area contributed by atoms with Crippen molar-refractivity contribution in [1.82, 2.24) is 0 Å². The maximum absolute atomic E-state index is 2.40. The second-order valence-corrected chi connectivity index (χ2v) is 12.1. The highest BCUT2D eigenvalue weighted by molar-refractivity contribution is 6.02. The molecule has 0 aromatic heterocycles. The van der Waals surface area contributed by atoms with Crippen LogP contribution >= 0.6 is 0 Å². The summed E-state index contributed by atoms with van der Waals surface area (Å²) in [5, 5.41) is 7.87. The van der Waals surface area contributed by atoms with Gasteiger partial charge >= 0.3 is 0 Å². The van der Waals surface area contributed by atoms with Gasteiger partial charge in [0.2, 0.25) is 0 Å². The fraction of sp³-hybridized carbons (Fsp3) is 0.125. The lowest BCUT2D eigenvalue weighted by atomic mass is 9.93. The van der Waals surface area contributed by atoms with Gasteiger partial charge < -0.3 is 4.90 Å². The summed E-state index contributed by atoms with van der Waals surface area (Å²) >= 11 is 0. The normalized spacial score (nSPS) is 10.7. The Morgan fingerprint density at radius 3 is 1.65 bits per heavy atom. The van der Waals surface area contributed by atoms with Gasteiger partial charge in [-0.05, 0) is 105 Å². The molecule has 49 heavy (non-hydrogen) atoms. The molecule has 0 radical (unpaired) electrons. The van der Waals surface area contributed by atoms with Gasteiger partial charge in [-0.3, -0.25) is 0 Å². The van der Waals surface area contributed by atoms with Crippen molar-refractivity contribution < 1.29 is 0 Å². The minimum absolute atomic E-state index is 0. The Balaban J connectivity index is 0.00000136. The Morgan fingerprint density at radius 1 is 0.408 bits per heavy atom. The summed E-state index contributed by atoms with van der Waals surface area (Å²) in [5.41, 5.74) is 8.74. The molecule has 0 N–H and O–H groups in total. The first-order valence-corrected chi connectivity index (χ1v) is 17.2. The van der Waals surface area contributed by atoms with E-state index >= 15 is 0 Å². The fourth-order valence-corrected chi connectivity index (χ4v) is 6.94. The molecule has 1 heteroatoms. The van der Waals surface area contributed by atoms with E-state index < -0.39 is 0 Å². The third kappa shape index (κ3) is 6.98. The summed E-state index contributed by atoms with van der Waals surface area (Å²) in [7, 11) is 0. The van der Waals surface area contributed by atoms with E-state index in [0.717, 1.165) is 30.6 Å². The highest BCUT2D eigenvalue weighted by Gasteiger charge is 2.16. The van der Waals surface area contributed by atoms with Gasteiger partial charge in [0.15, 0.2) is 0 Å². The number of nitrogens with zero attached hydrogens (tertiary/aromatic N) is 1. The molecule has 8 rings (SSSR count). The highest BCUT2D eigenvalue weighted by atomic mass is 15.1. The quantitative estimate of drug-likeness (QED) is 0.150. The largest absolute Gasteiger partial charge is 0.310 e. The minimum atomic E-state index is 0. The van der Waals surface area contributed by atoms with E-state index in [1.165, 1.54) is 60.3 Å². The van der Waals surface area contributed by atoms with Crippen LogP contribution < -0.4 is 4.90 Å². The zero-order valence-corrected chi connectivity index (χ0v) is 27.8. The van der Waals surface area contributed by atoms with E-state index in [1.54, 1.807) is 0 Å². The monoisotopic (exact) mass is 635 g/mol. The molecular formula is C48H45N. The van der Waals surface area contributed by atoms with Crippen molar-refractivity contribution in [3.8, 4) is 11.1 Å². The number of anilines is 3. The molecule has 0 aliphatic carbocycles. The smallest absolute Gasteiger partial charge is 0.0540 e. The topological polar surface area (TPSA) is 3.24 Å². The van der Waals surface area contributed by atoms with Crippen molar-refractivity contribution in [2.45, 2.75) is 40.5 Å². The van der Waals surface area contributed by atoms with Crippen LogP contribution in [0.5, 0.6) is 0 Å². The Kier molecular flexibility index (Phi) is 10.5. The van der Waals surface area contributed by atoms with Crippen LogP contribution in [0.4, 0.5) is 17.1 Å². The molecule has 0 saturated heterocycles. The standard InChI is InChI=1S/C45H35N.C2H6.CH4/c1-2-14-34(15-3-1)36-20-11-21-40(32-36)46(45-26-12-19-35-16-4-9-24-43(35)45)39-29-27-33(28-30-39)13-10-25-44-41-22-7-5-17-37(41)31-38-18-6-8-23-42(38)44;1-2;/h1-9,11-12,14-24,26-32H,10,13,25H2;1-2H3;1H4. The summed E-state index contributed by atoms with van der Waals surface area (Å²) in [6.45, 7) is 4.00. The Morgan fingerprint density at radius 2 is 0.959 bits per heavy atom. The van der Waals surface area contributed by atoms with E-state index in [-0.39, 0.29) is 7.43 Å². The van der Waals surface area contributed by atoms with Gasteiger partial charge in [-0.1, -0.05) is 161 Å². The van der Waals surface area contributed by atoms with E-state index in [0.29, 0.717) is 0 Å². The van der Waals surface area contributed by atoms with Gasteiger partial charge in [-0.2, -0.15) is 0 Å². The number of fused-ring (bicyclic) bond motifs is 3. The predicted molar refractivity (Wildman–Crippen MR) is 216 cm³/mol. The Labute approximate surface area is 292 Å². The molecule has 0 saturated carbocycles. The molecule has 0 fully saturated rings. The number of benzene rings is 8. The molecule has 0 heterocycles. The average Bonchev–Trinajstić information content (AvgIpc) is 3.16. The Bertz CT molecular complexity index is 2220. The van der Waals surface area contributed by atoms with Crippen LogP contribution in [0.1, 0.15) is 38.8 Å². The lowest BCUT2D eigenvalue weighted by Gasteiger charge is -2.27.